The SMILES string of the molecule is COc1ccc(C(=O)N2CCCN(C)C[C@H](C)C[C@@](C)(OC)[C@H](O[C@@H]3O[C@H](C)C[C@H](N(C)C)[C@H]3O)[C@@H](C)C(=O)C(C)(C)C(=O)OCC2)cc1. The number of nitrogens with zero attached hydrogens (tertiary/aromatic N) is 3. The van der Waals surface area contributed by atoms with Crippen molar-refractivity contribution >= 4 is 17.7 Å². The molecule has 0 bridgehead atoms. The number of amides is 1. The van der Waals surface area contributed by atoms with Gasteiger partial charge < -0.3 is 43.5 Å². The molecule has 1 N–H and O–H groups in total. The molecular weight excluding hydrogens is 630 g/mol. The first kappa shape index (κ1) is 40.8. The van der Waals surface area contributed by atoms with Crippen molar-refractivity contribution < 1.29 is 43.2 Å². The Morgan fingerprint density at radius 1 is 1.02 bits per heavy atom. The van der Waals surface area contributed by atoms with E-state index < -0.39 is 41.4 Å². The van der Waals surface area contributed by atoms with E-state index in [2.05, 4.69) is 11.8 Å². The molecule has 8 atom stereocenters. The monoisotopic (exact) mass is 691 g/mol. The Bertz CT molecular complexity index is 1240. The van der Waals surface area contributed by atoms with Gasteiger partial charge in [0.05, 0.1) is 31.5 Å². The minimum Gasteiger partial charge on any atom is -0.497 e. The highest BCUT2D eigenvalue weighted by Crippen LogP contribution is 2.38. The summed E-state index contributed by atoms with van der Waals surface area (Å²) in [7, 11) is 9.03. The second-order valence-corrected chi connectivity index (χ2v) is 15.0. The second kappa shape index (κ2) is 17.5. The van der Waals surface area contributed by atoms with Crippen LogP contribution in [0, 0.1) is 17.3 Å². The summed E-state index contributed by atoms with van der Waals surface area (Å²) in [6.45, 7) is 12.9. The summed E-state index contributed by atoms with van der Waals surface area (Å²) in [5.74, 6) is -1.32. The van der Waals surface area contributed by atoms with Crippen molar-refractivity contribution in [3.05, 3.63) is 29.8 Å². The molecule has 1 aromatic rings. The number of hydrogen-bond donors (Lipinski definition) is 1. The number of rotatable bonds is 6. The van der Waals surface area contributed by atoms with Crippen LogP contribution in [0.5, 0.6) is 5.75 Å². The van der Waals surface area contributed by atoms with E-state index in [4.69, 9.17) is 23.7 Å². The van der Waals surface area contributed by atoms with Gasteiger partial charge in [0.2, 0.25) is 0 Å². The number of cyclic esters (lactones) is 1. The van der Waals surface area contributed by atoms with Crippen LogP contribution >= 0.6 is 0 Å². The van der Waals surface area contributed by atoms with E-state index in [1.165, 1.54) is 0 Å². The third-order valence-corrected chi connectivity index (χ3v) is 10.2. The van der Waals surface area contributed by atoms with Crippen molar-refractivity contribution in [2.45, 2.75) is 97.0 Å². The van der Waals surface area contributed by atoms with E-state index in [0.717, 1.165) is 13.1 Å². The third kappa shape index (κ3) is 10.2. The zero-order chi connectivity index (χ0) is 36.7. The van der Waals surface area contributed by atoms with E-state index in [9.17, 15) is 19.5 Å². The van der Waals surface area contributed by atoms with Crippen molar-refractivity contribution in [1.29, 1.82) is 0 Å². The highest BCUT2D eigenvalue weighted by atomic mass is 16.7. The van der Waals surface area contributed by atoms with Crippen LogP contribution in [0.4, 0.5) is 0 Å². The topological polar surface area (TPSA) is 127 Å². The van der Waals surface area contributed by atoms with Crippen LogP contribution in [0.25, 0.3) is 0 Å². The third-order valence-electron chi connectivity index (χ3n) is 10.2. The van der Waals surface area contributed by atoms with E-state index in [0.29, 0.717) is 37.1 Å². The van der Waals surface area contributed by atoms with Gasteiger partial charge >= 0.3 is 5.97 Å². The van der Waals surface area contributed by atoms with Crippen molar-refractivity contribution in [3.63, 3.8) is 0 Å². The van der Waals surface area contributed by atoms with Crippen LogP contribution in [0.15, 0.2) is 24.3 Å². The summed E-state index contributed by atoms with van der Waals surface area (Å²) >= 11 is 0. The lowest BCUT2D eigenvalue weighted by Crippen LogP contribution is -2.59. The standard InChI is InChI=1S/C37H61N3O9/c1-24-22-37(6,46-11)32(49-34-30(41)29(38(7)8)21-25(2)48-34)26(3)31(42)36(4,5)35(44)47-20-19-40(18-12-17-39(9)23-24)33(43)27-13-15-28(45-10)16-14-27/h13-16,24-26,29-30,32,34,41H,12,17-23H2,1-11H3/t24-,25-,26+,29+,30-,32-,34+,37-/m1/s1. The normalized spacial score (nSPS) is 33.2. The fourth-order valence-electron chi connectivity index (χ4n) is 7.28. The largest absolute Gasteiger partial charge is 0.497 e. The lowest BCUT2D eigenvalue weighted by atomic mass is 9.74. The molecule has 2 saturated heterocycles. The summed E-state index contributed by atoms with van der Waals surface area (Å²) in [6, 6.07) is 6.71. The molecule has 12 heteroatoms. The van der Waals surface area contributed by atoms with Gasteiger partial charge in [-0.1, -0.05) is 13.8 Å². The number of methoxy groups -OCH3 is 2. The van der Waals surface area contributed by atoms with Gasteiger partial charge in [0.25, 0.3) is 5.91 Å². The predicted octanol–water partition coefficient (Wildman–Crippen LogP) is 3.49. The van der Waals surface area contributed by atoms with Crippen LogP contribution in [0.3, 0.4) is 0 Å². The highest BCUT2D eigenvalue weighted by Gasteiger charge is 2.51. The van der Waals surface area contributed by atoms with Gasteiger partial charge in [-0.15, -0.1) is 0 Å². The first-order valence-corrected chi connectivity index (χ1v) is 17.5. The van der Waals surface area contributed by atoms with E-state index in [1.54, 1.807) is 64.2 Å². The maximum Gasteiger partial charge on any atom is 0.319 e. The molecule has 1 aromatic carbocycles. The molecule has 0 aromatic heterocycles. The fourth-order valence-corrected chi connectivity index (χ4v) is 7.28. The lowest BCUT2D eigenvalue weighted by molar-refractivity contribution is -0.295. The molecule has 278 valence electrons. The molecule has 3 rings (SSSR count). The highest BCUT2D eigenvalue weighted by molar-refractivity contribution is 6.04. The summed E-state index contributed by atoms with van der Waals surface area (Å²) < 4.78 is 29.9. The molecular formula is C37H61N3O9. The smallest absolute Gasteiger partial charge is 0.319 e. The predicted molar refractivity (Wildman–Crippen MR) is 186 cm³/mol. The Labute approximate surface area is 293 Å². The molecule has 0 aliphatic carbocycles. The molecule has 2 heterocycles. The Balaban J connectivity index is 1.94. The lowest BCUT2D eigenvalue weighted by Gasteiger charge is -2.47. The molecule has 1 amide bonds. The average Bonchev–Trinajstić information content (AvgIpc) is 3.05. The second-order valence-electron chi connectivity index (χ2n) is 15.0. The van der Waals surface area contributed by atoms with Gasteiger partial charge in [0.15, 0.2) is 12.1 Å². The molecule has 0 saturated carbocycles. The maximum atomic E-state index is 14.3. The number of ketones is 1. The van der Waals surface area contributed by atoms with Gasteiger partial charge in [0.1, 0.15) is 23.9 Å². The number of carbonyl (C=O) groups is 3. The quantitative estimate of drug-likeness (QED) is 0.348. The molecule has 0 unspecified atom stereocenters. The number of aliphatic hydroxyl groups excluding tert-OH is 1. The maximum absolute atomic E-state index is 14.3. The number of benzene rings is 1. The molecule has 2 fully saturated rings. The van der Waals surface area contributed by atoms with Gasteiger partial charge in [-0.3, -0.25) is 14.4 Å². The molecule has 0 spiro atoms. The summed E-state index contributed by atoms with van der Waals surface area (Å²) in [5.41, 5.74) is -2.01. The first-order valence-electron chi connectivity index (χ1n) is 17.5. The number of carbonyl (C=O) groups excluding carboxylic acids is 3. The van der Waals surface area contributed by atoms with Crippen LogP contribution in [-0.4, -0.2) is 142 Å². The van der Waals surface area contributed by atoms with Gasteiger partial charge in [-0.2, -0.15) is 0 Å². The Kier molecular flexibility index (Phi) is 14.6. The van der Waals surface area contributed by atoms with E-state index in [1.807, 2.05) is 39.9 Å². The summed E-state index contributed by atoms with van der Waals surface area (Å²) in [5, 5.41) is 11.4. The van der Waals surface area contributed by atoms with Crippen LogP contribution in [0.1, 0.15) is 71.2 Å². The number of Topliss-reactive ketones (excluding diaryl/α,β-unsaturated/α-hetero) is 1. The van der Waals surface area contributed by atoms with Crippen molar-refractivity contribution in [2.24, 2.45) is 17.3 Å². The number of esters is 1. The summed E-state index contributed by atoms with van der Waals surface area (Å²) in [6.07, 6.45) is -1.18. The van der Waals surface area contributed by atoms with Gasteiger partial charge in [-0.05, 0) is 105 Å². The zero-order valence-corrected chi connectivity index (χ0v) is 31.6. The van der Waals surface area contributed by atoms with E-state index >= 15 is 0 Å². The first-order chi connectivity index (χ1) is 22.9. The average molecular weight is 692 g/mol. The van der Waals surface area contributed by atoms with Crippen molar-refractivity contribution in [1.82, 2.24) is 14.7 Å². The molecule has 49 heavy (non-hydrogen) atoms. The molecule has 2 aliphatic heterocycles. The minimum absolute atomic E-state index is 0.0691. The van der Waals surface area contributed by atoms with Gasteiger partial charge in [0, 0.05) is 37.7 Å². The van der Waals surface area contributed by atoms with Crippen LogP contribution in [0.2, 0.25) is 0 Å². The Morgan fingerprint density at radius 2 is 1.67 bits per heavy atom. The molecule has 12 nitrogen and oxygen atoms in total. The van der Waals surface area contributed by atoms with Crippen molar-refractivity contribution in [3.8, 4) is 5.75 Å². The molecule has 0 radical (unpaired) electrons. The van der Waals surface area contributed by atoms with Crippen LogP contribution in [-0.2, 0) is 28.5 Å². The van der Waals surface area contributed by atoms with Crippen molar-refractivity contribution in [2.75, 3.05) is 68.1 Å². The van der Waals surface area contributed by atoms with Gasteiger partial charge in [-0.25, -0.2) is 0 Å². The fraction of sp³-hybridized carbons (Fsp3) is 0.757. The number of likely N-dealkylation sites (N-methyl/N-ethyl adjacent to an activating group) is 1. The zero-order valence-electron chi connectivity index (χ0n) is 31.6. The number of hydrogen-bond acceptors (Lipinski definition) is 11. The van der Waals surface area contributed by atoms with E-state index in [-0.39, 0.29) is 42.9 Å². The Hall–Kier alpha value is -2.61. The number of aliphatic hydroxyl groups is 1. The minimum atomic E-state index is -1.54. The van der Waals surface area contributed by atoms with Crippen LogP contribution < -0.4 is 4.74 Å². The Morgan fingerprint density at radius 3 is 2.27 bits per heavy atom. The number of ether oxygens (including phenoxy) is 5. The molecule has 2 aliphatic rings. The summed E-state index contributed by atoms with van der Waals surface area (Å²) in [4.78, 5) is 47.3.